The molecule has 1 fully saturated rings. The van der Waals surface area contributed by atoms with Crippen LogP contribution in [-0.4, -0.2) is 63.1 Å². The highest BCUT2D eigenvalue weighted by molar-refractivity contribution is 6.33. The van der Waals surface area contributed by atoms with E-state index in [2.05, 4.69) is 38.2 Å². The molecule has 3 aromatic heterocycles. The summed E-state index contributed by atoms with van der Waals surface area (Å²) in [4.78, 5) is 27.4. The van der Waals surface area contributed by atoms with Gasteiger partial charge in [-0.05, 0) is 52.5 Å². The minimum atomic E-state index is -0.604. The maximum atomic E-state index is 13.3. The summed E-state index contributed by atoms with van der Waals surface area (Å²) >= 11 is 6.00. The number of nitrogens with one attached hydrogen (secondary N) is 1. The van der Waals surface area contributed by atoms with Crippen LogP contribution in [-0.2, 0) is 0 Å². The first kappa shape index (κ1) is 27.7. The first-order valence-corrected chi connectivity index (χ1v) is 12.7. The SMILES string of the molecule is C=N/C(=C\N=C(/C)c1cc(OCC)cn2ncc(C#N)c12)N1CCC(C)(NC(=O)c2ncc(F)cc2Cl)CC1. The van der Waals surface area contributed by atoms with E-state index in [4.69, 9.17) is 16.3 Å². The van der Waals surface area contributed by atoms with Gasteiger partial charge in [-0.25, -0.2) is 18.9 Å². The fourth-order valence-corrected chi connectivity index (χ4v) is 4.65. The Bertz CT molecular complexity index is 1520. The topological polar surface area (TPSA) is 120 Å². The van der Waals surface area contributed by atoms with E-state index in [1.807, 2.05) is 31.7 Å². The standard InChI is InChI=1S/C27H28ClFN8O2/c1-5-39-20-11-21(25-18(12-30)13-34-37(25)16-20)17(2)32-15-23(31-4)36-8-6-27(3,7-9-36)35-26(38)24-22(28)10-19(29)14-33-24/h10-11,13-16H,4-9H2,1-3H3,(H,35,38)/b23-15+,32-17+. The number of ether oxygens (including phenoxy) is 1. The van der Waals surface area contributed by atoms with E-state index >= 15 is 0 Å². The van der Waals surface area contributed by atoms with Crippen LogP contribution in [0.25, 0.3) is 5.52 Å². The van der Waals surface area contributed by atoms with Gasteiger partial charge < -0.3 is 15.0 Å². The molecule has 3 aromatic rings. The number of fused-ring (bicyclic) bond motifs is 1. The minimum Gasteiger partial charge on any atom is -0.492 e. The van der Waals surface area contributed by atoms with E-state index in [-0.39, 0.29) is 10.7 Å². The number of nitriles is 1. The van der Waals surface area contributed by atoms with Crippen LogP contribution in [0.15, 0.2) is 52.7 Å². The summed E-state index contributed by atoms with van der Waals surface area (Å²) in [7, 11) is 0. The average Bonchev–Trinajstić information content (AvgIpc) is 3.32. The molecule has 39 heavy (non-hydrogen) atoms. The first-order valence-electron chi connectivity index (χ1n) is 12.3. The largest absolute Gasteiger partial charge is 0.492 e. The van der Waals surface area contributed by atoms with Gasteiger partial charge in [0.05, 0.1) is 47.5 Å². The summed E-state index contributed by atoms with van der Waals surface area (Å²) in [5.74, 6) is 0.137. The van der Waals surface area contributed by atoms with Crippen molar-refractivity contribution in [3.8, 4) is 11.8 Å². The molecule has 0 unspecified atom stereocenters. The summed E-state index contributed by atoms with van der Waals surface area (Å²) in [6.45, 7) is 11.0. The van der Waals surface area contributed by atoms with E-state index < -0.39 is 17.3 Å². The Balaban J connectivity index is 1.50. The monoisotopic (exact) mass is 550 g/mol. The second-order valence-corrected chi connectivity index (χ2v) is 9.74. The summed E-state index contributed by atoms with van der Waals surface area (Å²) in [5.41, 5.74) is 1.92. The van der Waals surface area contributed by atoms with Crippen molar-refractivity contribution in [1.82, 2.24) is 24.8 Å². The van der Waals surface area contributed by atoms with Gasteiger partial charge in [0.2, 0.25) is 0 Å². The summed E-state index contributed by atoms with van der Waals surface area (Å²) in [6, 6.07) is 5.08. The molecular formula is C27H28ClFN8O2. The number of amides is 1. The molecule has 0 aliphatic carbocycles. The molecule has 0 radical (unpaired) electrons. The smallest absolute Gasteiger partial charge is 0.271 e. The van der Waals surface area contributed by atoms with Crippen LogP contribution in [0.2, 0.25) is 5.02 Å². The van der Waals surface area contributed by atoms with Gasteiger partial charge in [-0.2, -0.15) is 10.4 Å². The molecule has 0 bridgehead atoms. The fourth-order valence-electron chi connectivity index (χ4n) is 4.42. The van der Waals surface area contributed by atoms with Crippen molar-refractivity contribution < 1.29 is 13.9 Å². The van der Waals surface area contributed by atoms with Gasteiger partial charge in [0.15, 0.2) is 0 Å². The number of pyridine rings is 2. The number of aromatic nitrogens is 3. The Morgan fingerprint density at radius 1 is 1.38 bits per heavy atom. The Labute approximate surface area is 230 Å². The van der Waals surface area contributed by atoms with Crippen LogP contribution < -0.4 is 10.1 Å². The number of hydrogen-bond acceptors (Lipinski definition) is 8. The fraction of sp³-hybridized carbons (Fsp3) is 0.333. The number of aliphatic imine (C=N–C) groups is 2. The molecule has 12 heteroatoms. The molecule has 1 aliphatic rings. The lowest BCUT2D eigenvalue weighted by Gasteiger charge is -2.40. The number of hydrogen-bond donors (Lipinski definition) is 1. The van der Waals surface area contributed by atoms with Gasteiger partial charge >= 0.3 is 0 Å². The molecule has 1 amide bonds. The molecule has 0 spiro atoms. The molecule has 0 aromatic carbocycles. The molecule has 1 aliphatic heterocycles. The maximum absolute atomic E-state index is 13.3. The molecule has 1 saturated heterocycles. The third kappa shape index (κ3) is 6.07. The quantitative estimate of drug-likeness (QED) is 0.415. The Kier molecular flexibility index (Phi) is 8.26. The van der Waals surface area contributed by atoms with Gasteiger partial charge in [-0.3, -0.25) is 9.79 Å². The normalized spacial score (nSPS) is 15.6. The van der Waals surface area contributed by atoms with Crippen LogP contribution in [0.1, 0.15) is 55.2 Å². The van der Waals surface area contributed by atoms with Crippen molar-refractivity contribution in [2.75, 3.05) is 19.7 Å². The average molecular weight is 551 g/mol. The highest BCUT2D eigenvalue weighted by Crippen LogP contribution is 2.27. The molecule has 202 valence electrons. The number of halogens is 2. The summed E-state index contributed by atoms with van der Waals surface area (Å²) < 4.78 is 20.6. The van der Waals surface area contributed by atoms with Crippen molar-refractivity contribution in [2.45, 2.75) is 39.2 Å². The van der Waals surface area contributed by atoms with Crippen molar-refractivity contribution in [2.24, 2.45) is 9.98 Å². The summed E-state index contributed by atoms with van der Waals surface area (Å²) in [5, 5.41) is 16.8. The van der Waals surface area contributed by atoms with Crippen LogP contribution >= 0.6 is 11.6 Å². The number of carbonyl (C=O) groups is 1. The Morgan fingerprint density at radius 3 is 2.77 bits per heavy atom. The number of piperidine rings is 1. The second-order valence-electron chi connectivity index (χ2n) is 9.33. The number of nitrogens with zero attached hydrogens (tertiary/aromatic N) is 7. The molecule has 4 rings (SSSR count). The van der Waals surface area contributed by atoms with E-state index in [1.54, 1.807) is 16.9 Å². The second kappa shape index (κ2) is 11.6. The molecule has 10 nitrogen and oxygen atoms in total. The highest BCUT2D eigenvalue weighted by Gasteiger charge is 2.33. The van der Waals surface area contributed by atoms with Crippen LogP contribution in [0, 0.1) is 17.1 Å². The van der Waals surface area contributed by atoms with E-state index in [9.17, 15) is 14.4 Å². The number of likely N-dealkylation sites (tertiary alicyclic amines) is 1. The van der Waals surface area contributed by atoms with Crippen LogP contribution in [0.3, 0.4) is 0 Å². The van der Waals surface area contributed by atoms with Gasteiger partial charge in [0, 0.05) is 29.9 Å². The zero-order valence-corrected chi connectivity index (χ0v) is 22.7. The zero-order chi connectivity index (χ0) is 28.2. The van der Waals surface area contributed by atoms with Gasteiger partial charge in [0.1, 0.15) is 29.2 Å². The Morgan fingerprint density at radius 2 is 2.13 bits per heavy atom. The van der Waals surface area contributed by atoms with Crippen molar-refractivity contribution in [3.05, 3.63) is 70.4 Å². The lowest BCUT2D eigenvalue weighted by atomic mass is 9.89. The van der Waals surface area contributed by atoms with Crippen molar-refractivity contribution in [3.63, 3.8) is 0 Å². The number of carbonyl (C=O) groups excluding carboxylic acids is 1. The molecule has 0 atom stereocenters. The lowest BCUT2D eigenvalue weighted by molar-refractivity contribution is 0.0850. The zero-order valence-electron chi connectivity index (χ0n) is 21.9. The molecule has 1 N–H and O–H groups in total. The van der Waals surface area contributed by atoms with Crippen LogP contribution in [0.5, 0.6) is 5.75 Å². The maximum Gasteiger partial charge on any atom is 0.271 e. The third-order valence-corrected chi connectivity index (χ3v) is 6.86. The van der Waals surface area contributed by atoms with E-state index in [1.165, 1.54) is 6.20 Å². The van der Waals surface area contributed by atoms with Gasteiger partial charge in [0.25, 0.3) is 5.91 Å². The Hall–Kier alpha value is -4.30. The van der Waals surface area contributed by atoms with Gasteiger partial charge in [-0.15, -0.1) is 0 Å². The van der Waals surface area contributed by atoms with E-state index in [0.29, 0.717) is 60.9 Å². The van der Waals surface area contributed by atoms with E-state index in [0.717, 1.165) is 17.8 Å². The number of rotatable bonds is 8. The van der Waals surface area contributed by atoms with Crippen molar-refractivity contribution in [1.29, 1.82) is 5.26 Å². The highest BCUT2D eigenvalue weighted by atomic mass is 35.5. The van der Waals surface area contributed by atoms with Crippen LogP contribution in [0.4, 0.5) is 4.39 Å². The van der Waals surface area contributed by atoms with Gasteiger partial charge in [-0.1, -0.05) is 11.6 Å². The first-order chi connectivity index (χ1) is 18.7. The predicted molar refractivity (Wildman–Crippen MR) is 147 cm³/mol. The minimum absolute atomic E-state index is 0.0138. The lowest BCUT2D eigenvalue weighted by Crippen LogP contribution is -2.53. The predicted octanol–water partition coefficient (Wildman–Crippen LogP) is 4.39. The molecule has 4 heterocycles. The molecular weight excluding hydrogens is 523 g/mol. The molecule has 0 saturated carbocycles. The van der Waals surface area contributed by atoms with Crippen molar-refractivity contribution >= 4 is 35.5 Å². The third-order valence-electron chi connectivity index (χ3n) is 6.57. The summed E-state index contributed by atoms with van der Waals surface area (Å²) in [6.07, 6.45) is 7.08.